The number of rotatable bonds is 4. The van der Waals surface area contributed by atoms with Crippen molar-refractivity contribution in [3.05, 3.63) is 29.5 Å². The lowest BCUT2D eigenvalue weighted by Gasteiger charge is -2.36. The van der Waals surface area contributed by atoms with Gasteiger partial charge in [-0.15, -0.1) is 0 Å². The Kier molecular flexibility index (Phi) is 5.59. The Labute approximate surface area is 180 Å². The van der Waals surface area contributed by atoms with E-state index in [1.54, 1.807) is 6.26 Å². The van der Waals surface area contributed by atoms with Crippen molar-refractivity contribution in [2.75, 3.05) is 31.1 Å². The fourth-order valence-corrected chi connectivity index (χ4v) is 3.99. The molecule has 0 spiro atoms. The van der Waals surface area contributed by atoms with Gasteiger partial charge in [-0.25, -0.2) is 4.98 Å². The highest BCUT2D eigenvalue weighted by molar-refractivity contribution is 6.31. The smallest absolute Gasteiger partial charge is 0.222 e. The van der Waals surface area contributed by atoms with Crippen LogP contribution in [0.25, 0.3) is 21.8 Å². The SMILES string of the molecule is CC(C)(C)C(O)CCC(=O)N1CCN(c2nc3ccc(Cl)cc3c3conc23)CC1. The summed E-state index contributed by atoms with van der Waals surface area (Å²) in [5, 5.41) is 16.8. The molecule has 1 aromatic carbocycles. The summed E-state index contributed by atoms with van der Waals surface area (Å²) in [6.07, 6.45) is 1.98. The van der Waals surface area contributed by atoms with Crippen molar-refractivity contribution in [2.45, 2.75) is 39.7 Å². The molecule has 160 valence electrons. The summed E-state index contributed by atoms with van der Waals surface area (Å²) >= 11 is 6.15. The molecule has 7 nitrogen and oxygen atoms in total. The number of halogens is 1. The summed E-state index contributed by atoms with van der Waals surface area (Å²) in [4.78, 5) is 21.4. The lowest BCUT2D eigenvalue weighted by atomic mass is 9.86. The zero-order valence-corrected chi connectivity index (χ0v) is 18.3. The van der Waals surface area contributed by atoms with Gasteiger partial charge in [-0.3, -0.25) is 4.79 Å². The monoisotopic (exact) mass is 430 g/mol. The third kappa shape index (κ3) is 4.09. The summed E-state index contributed by atoms with van der Waals surface area (Å²) in [5.74, 6) is 0.856. The van der Waals surface area contributed by atoms with E-state index < -0.39 is 6.10 Å². The van der Waals surface area contributed by atoms with Crippen molar-refractivity contribution >= 4 is 45.1 Å². The minimum atomic E-state index is -0.488. The van der Waals surface area contributed by atoms with E-state index in [9.17, 15) is 9.90 Å². The van der Waals surface area contributed by atoms with Gasteiger partial charge in [0.25, 0.3) is 0 Å². The quantitative estimate of drug-likeness (QED) is 0.676. The van der Waals surface area contributed by atoms with Gasteiger partial charge in [0.1, 0.15) is 6.26 Å². The number of aliphatic hydroxyl groups excluding tert-OH is 1. The highest BCUT2D eigenvalue weighted by atomic mass is 35.5. The van der Waals surface area contributed by atoms with Crippen LogP contribution in [-0.2, 0) is 4.79 Å². The van der Waals surface area contributed by atoms with E-state index in [0.717, 1.165) is 22.1 Å². The molecule has 1 unspecified atom stereocenters. The van der Waals surface area contributed by atoms with Crippen molar-refractivity contribution in [1.82, 2.24) is 15.0 Å². The van der Waals surface area contributed by atoms with Gasteiger partial charge in [0.05, 0.1) is 17.0 Å². The van der Waals surface area contributed by atoms with E-state index in [1.165, 1.54) is 0 Å². The molecule has 30 heavy (non-hydrogen) atoms. The molecular weight excluding hydrogens is 404 g/mol. The molecule has 8 heteroatoms. The zero-order valence-electron chi connectivity index (χ0n) is 17.6. The van der Waals surface area contributed by atoms with Crippen molar-refractivity contribution in [1.29, 1.82) is 0 Å². The van der Waals surface area contributed by atoms with E-state index in [4.69, 9.17) is 21.1 Å². The molecule has 2 aromatic heterocycles. The average Bonchev–Trinajstić information content (AvgIpc) is 3.21. The van der Waals surface area contributed by atoms with Crippen LogP contribution >= 0.6 is 11.6 Å². The molecule has 0 saturated carbocycles. The van der Waals surface area contributed by atoms with Gasteiger partial charge in [0.15, 0.2) is 11.3 Å². The van der Waals surface area contributed by atoms with Crippen LogP contribution in [0.15, 0.2) is 29.0 Å². The topological polar surface area (TPSA) is 82.7 Å². The van der Waals surface area contributed by atoms with E-state index in [1.807, 2.05) is 43.9 Å². The van der Waals surface area contributed by atoms with Crippen LogP contribution in [-0.4, -0.2) is 58.3 Å². The second kappa shape index (κ2) is 8.04. The minimum Gasteiger partial charge on any atom is -0.393 e. The van der Waals surface area contributed by atoms with E-state index in [2.05, 4.69) is 10.1 Å². The molecule has 4 rings (SSSR count). The number of carbonyl (C=O) groups excluding carboxylic acids is 1. The van der Waals surface area contributed by atoms with Gasteiger partial charge in [-0.05, 0) is 30.0 Å². The second-order valence-corrected chi connectivity index (χ2v) is 9.40. The van der Waals surface area contributed by atoms with Gasteiger partial charge in [-0.1, -0.05) is 37.5 Å². The normalized spacial score (nSPS) is 16.4. The summed E-state index contributed by atoms with van der Waals surface area (Å²) in [7, 11) is 0. The molecule has 0 bridgehead atoms. The Hall–Kier alpha value is -2.38. The molecule has 1 aliphatic rings. The molecular formula is C22H27ClN4O3. The second-order valence-electron chi connectivity index (χ2n) is 8.96. The van der Waals surface area contributed by atoms with Gasteiger partial charge < -0.3 is 19.4 Å². The van der Waals surface area contributed by atoms with Crippen molar-refractivity contribution in [3.63, 3.8) is 0 Å². The Morgan fingerprint density at radius 2 is 1.97 bits per heavy atom. The number of amides is 1. The van der Waals surface area contributed by atoms with Crippen molar-refractivity contribution in [3.8, 4) is 0 Å². The molecule has 1 fully saturated rings. The minimum absolute atomic E-state index is 0.0886. The summed E-state index contributed by atoms with van der Waals surface area (Å²) in [6, 6.07) is 5.59. The molecule has 1 amide bonds. The number of aromatic nitrogens is 2. The van der Waals surface area contributed by atoms with Crippen LogP contribution in [0.1, 0.15) is 33.6 Å². The van der Waals surface area contributed by atoms with Gasteiger partial charge in [-0.2, -0.15) is 0 Å². The zero-order chi connectivity index (χ0) is 21.5. The summed E-state index contributed by atoms with van der Waals surface area (Å²) in [5.41, 5.74) is 1.33. The number of anilines is 1. The van der Waals surface area contributed by atoms with Crippen LogP contribution in [0.4, 0.5) is 5.82 Å². The number of carbonyl (C=O) groups is 1. The predicted molar refractivity (Wildman–Crippen MR) is 118 cm³/mol. The van der Waals surface area contributed by atoms with Crippen LogP contribution in [0.3, 0.4) is 0 Å². The fraction of sp³-hybridized carbons (Fsp3) is 0.500. The standard InChI is InChI=1S/C22H27ClN4O3/c1-22(2,3)18(28)6-7-19(29)26-8-10-27(11-9-26)21-20-16(13-30-25-20)15-12-14(23)4-5-17(15)24-21/h4-5,12-13,18,28H,6-11H2,1-3H3. The lowest BCUT2D eigenvalue weighted by Crippen LogP contribution is -2.49. The average molecular weight is 431 g/mol. The molecule has 1 atom stereocenters. The maximum Gasteiger partial charge on any atom is 0.222 e. The third-order valence-electron chi connectivity index (χ3n) is 5.82. The third-order valence-corrected chi connectivity index (χ3v) is 6.05. The van der Waals surface area contributed by atoms with Gasteiger partial charge >= 0.3 is 0 Å². The van der Waals surface area contributed by atoms with Crippen LogP contribution in [0.2, 0.25) is 5.02 Å². The van der Waals surface area contributed by atoms with Crippen molar-refractivity contribution < 1.29 is 14.4 Å². The first-order chi connectivity index (χ1) is 14.2. The highest BCUT2D eigenvalue weighted by Gasteiger charge is 2.27. The maximum absolute atomic E-state index is 12.6. The first-order valence-electron chi connectivity index (χ1n) is 10.3. The summed E-state index contributed by atoms with van der Waals surface area (Å²) in [6.45, 7) is 8.51. The first-order valence-corrected chi connectivity index (χ1v) is 10.7. The highest BCUT2D eigenvalue weighted by Crippen LogP contribution is 2.32. The summed E-state index contributed by atoms with van der Waals surface area (Å²) < 4.78 is 5.24. The maximum atomic E-state index is 12.6. The van der Waals surface area contributed by atoms with E-state index in [0.29, 0.717) is 49.6 Å². The number of hydrogen-bond donors (Lipinski definition) is 1. The Balaban J connectivity index is 1.46. The van der Waals surface area contributed by atoms with Crippen LogP contribution < -0.4 is 4.90 Å². The molecule has 1 aliphatic heterocycles. The van der Waals surface area contributed by atoms with E-state index in [-0.39, 0.29) is 11.3 Å². The van der Waals surface area contributed by atoms with Crippen molar-refractivity contribution in [2.24, 2.45) is 5.41 Å². The number of piperazine rings is 1. The number of aliphatic hydroxyl groups is 1. The number of pyridine rings is 1. The number of nitrogens with zero attached hydrogens (tertiary/aromatic N) is 4. The molecule has 0 radical (unpaired) electrons. The molecule has 1 N–H and O–H groups in total. The lowest BCUT2D eigenvalue weighted by molar-refractivity contribution is -0.132. The predicted octanol–water partition coefficient (Wildman–Crippen LogP) is 3.87. The number of hydrogen-bond acceptors (Lipinski definition) is 6. The fourth-order valence-electron chi connectivity index (χ4n) is 3.82. The molecule has 0 aliphatic carbocycles. The largest absolute Gasteiger partial charge is 0.393 e. The Morgan fingerprint density at radius 1 is 1.23 bits per heavy atom. The number of benzene rings is 1. The van der Waals surface area contributed by atoms with Gasteiger partial charge in [0.2, 0.25) is 5.91 Å². The number of fused-ring (bicyclic) bond motifs is 3. The molecule has 1 saturated heterocycles. The first kappa shape index (κ1) is 20.9. The molecule has 3 heterocycles. The van der Waals surface area contributed by atoms with Gasteiger partial charge in [0, 0.05) is 43.0 Å². The van der Waals surface area contributed by atoms with Crippen LogP contribution in [0.5, 0.6) is 0 Å². The van der Waals surface area contributed by atoms with Crippen LogP contribution in [0, 0.1) is 5.41 Å². The molecule has 3 aromatic rings. The Bertz CT molecular complexity index is 1070. The Morgan fingerprint density at radius 3 is 2.67 bits per heavy atom. The van der Waals surface area contributed by atoms with E-state index >= 15 is 0 Å².